The maximum atomic E-state index is 5.50. The van der Waals surface area contributed by atoms with E-state index in [0.29, 0.717) is 0 Å². The van der Waals surface area contributed by atoms with Gasteiger partial charge in [0, 0.05) is 6.54 Å². The first-order valence-electron chi connectivity index (χ1n) is 7.66. The van der Waals surface area contributed by atoms with E-state index in [2.05, 4.69) is 30.8 Å². The number of likely N-dealkylation sites (N-methyl/N-ethyl adjacent to an activating group) is 1. The molecule has 1 fully saturated rings. The van der Waals surface area contributed by atoms with Crippen molar-refractivity contribution >= 4 is 5.71 Å². The quantitative estimate of drug-likeness (QED) is 0.393. The molecular formula is C15H30N2O. The van der Waals surface area contributed by atoms with Crippen LogP contribution in [0.25, 0.3) is 0 Å². The van der Waals surface area contributed by atoms with Gasteiger partial charge in [-0.1, -0.05) is 38.8 Å². The van der Waals surface area contributed by atoms with Crippen molar-refractivity contribution in [2.45, 2.75) is 59.3 Å². The van der Waals surface area contributed by atoms with Crippen molar-refractivity contribution in [1.82, 2.24) is 4.90 Å². The second kappa shape index (κ2) is 9.37. The van der Waals surface area contributed by atoms with Gasteiger partial charge in [0.2, 0.25) is 0 Å². The zero-order valence-corrected chi connectivity index (χ0v) is 12.5. The lowest BCUT2D eigenvalue weighted by molar-refractivity contribution is 0.111. The zero-order valence-electron chi connectivity index (χ0n) is 12.5. The molecule has 0 saturated heterocycles. The van der Waals surface area contributed by atoms with Crippen LogP contribution >= 0.6 is 0 Å². The lowest BCUT2D eigenvalue weighted by Crippen LogP contribution is -2.27. The summed E-state index contributed by atoms with van der Waals surface area (Å²) < 4.78 is 0. The van der Waals surface area contributed by atoms with Gasteiger partial charge in [0.1, 0.15) is 6.61 Å². The van der Waals surface area contributed by atoms with Crippen LogP contribution in [0.5, 0.6) is 0 Å². The van der Waals surface area contributed by atoms with Crippen molar-refractivity contribution in [2.75, 3.05) is 26.2 Å². The minimum atomic E-state index is 0.728. The lowest BCUT2D eigenvalue weighted by atomic mass is 10.0. The van der Waals surface area contributed by atoms with Crippen LogP contribution in [-0.2, 0) is 4.84 Å². The fourth-order valence-electron chi connectivity index (χ4n) is 2.56. The largest absolute Gasteiger partial charge is 0.394 e. The molecule has 0 aromatic carbocycles. The van der Waals surface area contributed by atoms with Crippen molar-refractivity contribution in [3.05, 3.63) is 0 Å². The predicted octanol–water partition coefficient (Wildman–Crippen LogP) is 3.69. The molecule has 0 N–H and O–H groups in total. The fraction of sp³-hybridized carbons (Fsp3) is 0.933. The molecule has 1 unspecified atom stereocenters. The topological polar surface area (TPSA) is 24.8 Å². The number of oxime groups is 1. The monoisotopic (exact) mass is 254 g/mol. The Labute approximate surface area is 113 Å². The fourth-order valence-corrected chi connectivity index (χ4v) is 2.56. The van der Waals surface area contributed by atoms with Crippen molar-refractivity contribution < 1.29 is 4.84 Å². The van der Waals surface area contributed by atoms with Crippen LogP contribution in [0.15, 0.2) is 5.16 Å². The maximum Gasteiger partial charge on any atom is 0.129 e. The molecule has 1 atom stereocenters. The average molecular weight is 254 g/mol. The molecule has 0 aliphatic heterocycles. The predicted molar refractivity (Wildman–Crippen MR) is 78.0 cm³/mol. The van der Waals surface area contributed by atoms with Gasteiger partial charge in [-0.05, 0) is 44.7 Å². The Kier molecular flexibility index (Phi) is 8.06. The second-order valence-corrected chi connectivity index (χ2v) is 5.48. The molecule has 18 heavy (non-hydrogen) atoms. The first-order valence-corrected chi connectivity index (χ1v) is 7.66. The van der Waals surface area contributed by atoms with Crippen molar-refractivity contribution in [2.24, 2.45) is 11.1 Å². The molecular weight excluding hydrogens is 224 g/mol. The van der Waals surface area contributed by atoms with Crippen LogP contribution in [0.1, 0.15) is 59.3 Å². The Balaban J connectivity index is 2.21. The number of hydrogen-bond acceptors (Lipinski definition) is 3. The number of nitrogens with zero attached hydrogens (tertiary/aromatic N) is 2. The van der Waals surface area contributed by atoms with E-state index in [1.807, 2.05) is 0 Å². The smallest absolute Gasteiger partial charge is 0.129 e. The maximum absolute atomic E-state index is 5.50. The summed E-state index contributed by atoms with van der Waals surface area (Å²) in [5.41, 5.74) is 1.28. The minimum absolute atomic E-state index is 0.728. The summed E-state index contributed by atoms with van der Waals surface area (Å²) in [7, 11) is 0. The van der Waals surface area contributed by atoms with Gasteiger partial charge in [0.05, 0.1) is 5.71 Å². The standard InChI is InChI=1S/C15H30N2O/c1-4-10-17(5-2)11-12-18-16-15-9-7-6-8-14(3)13-15/h14H,4-13H2,1-3H3. The highest BCUT2D eigenvalue weighted by atomic mass is 16.6. The van der Waals surface area contributed by atoms with Gasteiger partial charge in [-0.3, -0.25) is 0 Å². The van der Waals surface area contributed by atoms with E-state index in [1.54, 1.807) is 0 Å². The highest BCUT2D eigenvalue weighted by Crippen LogP contribution is 2.20. The normalized spacial score (nSPS) is 23.3. The summed E-state index contributed by atoms with van der Waals surface area (Å²) in [6.07, 6.45) is 7.45. The molecule has 1 saturated carbocycles. The second-order valence-electron chi connectivity index (χ2n) is 5.48. The van der Waals surface area contributed by atoms with Crippen molar-refractivity contribution in [1.29, 1.82) is 0 Å². The molecule has 1 aliphatic carbocycles. The van der Waals surface area contributed by atoms with Gasteiger partial charge < -0.3 is 9.74 Å². The summed E-state index contributed by atoms with van der Waals surface area (Å²) in [5, 5.41) is 4.35. The summed E-state index contributed by atoms with van der Waals surface area (Å²) in [5.74, 6) is 0.780. The third-order valence-corrected chi connectivity index (χ3v) is 3.68. The molecule has 3 heteroatoms. The molecule has 3 nitrogen and oxygen atoms in total. The summed E-state index contributed by atoms with van der Waals surface area (Å²) in [6.45, 7) is 10.7. The van der Waals surface area contributed by atoms with Gasteiger partial charge in [0.25, 0.3) is 0 Å². The van der Waals surface area contributed by atoms with E-state index in [-0.39, 0.29) is 0 Å². The summed E-state index contributed by atoms with van der Waals surface area (Å²) >= 11 is 0. The van der Waals surface area contributed by atoms with Gasteiger partial charge >= 0.3 is 0 Å². The van der Waals surface area contributed by atoms with E-state index < -0.39 is 0 Å². The molecule has 0 amide bonds. The number of rotatable bonds is 7. The van der Waals surface area contributed by atoms with Crippen LogP contribution < -0.4 is 0 Å². The Morgan fingerprint density at radius 3 is 2.83 bits per heavy atom. The van der Waals surface area contributed by atoms with E-state index in [9.17, 15) is 0 Å². The Morgan fingerprint density at radius 2 is 2.11 bits per heavy atom. The summed E-state index contributed by atoms with van der Waals surface area (Å²) in [4.78, 5) is 7.91. The van der Waals surface area contributed by atoms with E-state index in [0.717, 1.165) is 45.0 Å². The first kappa shape index (κ1) is 15.5. The van der Waals surface area contributed by atoms with Gasteiger partial charge in [-0.25, -0.2) is 0 Å². The third-order valence-electron chi connectivity index (χ3n) is 3.68. The SMILES string of the molecule is CCCN(CC)CCON=C1CCCCC(C)C1. The van der Waals surface area contributed by atoms with Crippen molar-refractivity contribution in [3.8, 4) is 0 Å². The highest BCUT2D eigenvalue weighted by Gasteiger charge is 2.12. The van der Waals surface area contributed by atoms with Crippen LogP contribution in [0.4, 0.5) is 0 Å². The van der Waals surface area contributed by atoms with E-state index in [1.165, 1.54) is 31.4 Å². The molecule has 1 aliphatic rings. The van der Waals surface area contributed by atoms with Crippen LogP contribution in [0.2, 0.25) is 0 Å². The van der Waals surface area contributed by atoms with Crippen LogP contribution in [-0.4, -0.2) is 36.9 Å². The first-order chi connectivity index (χ1) is 8.76. The molecule has 0 bridgehead atoms. The molecule has 0 heterocycles. The van der Waals surface area contributed by atoms with Gasteiger partial charge in [-0.15, -0.1) is 0 Å². The van der Waals surface area contributed by atoms with Crippen molar-refractivity contribution in [3.63, 3.8) is 0 Å². The Hall–Kier alpha value is -0.570. The van der Waals surface area contributed by atoms with E-state index in [4.69, 9.17) is 4.84 Å². The molecule has 106 valence electrons. The molecule has 0 aromatic heterocycles. The molecule has 0 spiro atoms. The minimum Gasteiger partial charge on any atom is -0.394 e. The number of hydrogen-bond donors (Lipinski definition) is 0. The van der Waals surface area contributed by atoms with E-state index >= 15 is 0 Å². The Morgan fingerprint density at radius 1 is 1.28 bits per heavy atom. The Bertz CT molecular complexity index is 241. The molecule has 1 rings (SSSR count). The van der Waals surface area contributed by atoms with Crippen LogP contribution in [0.3, 0.4) is 0 Å². The van der Waals surface area contributed by atoms with Crippen LogP contribution in [0, 0.1) is 5.92 Å². The lowest BCUT2D eigenvalue weighted by Gasteiger charge is -2.18. The zero-order chi connectivity index (χ0) is 13.2. The van der Waals surface area contributed by atoms with Gasteiger partial charge in [-0.2, -0.15) is 0 Å². The van der Waals surface area contributed by atoms with Gasteiger partial charge in [0.15, 0.2) is 0 Å². The average Bonchev–Trinajstić information content (AvgIpc) is 2.57. The third kappa shape index (κ3) is 6.39. The molecule has 0 aromatic rings. The highest BCUT2D eigenvalue weighted by molar-refractivity contribution is 5.84. The molecule has 0 radical (unpaired) electrons. The summed E-state index contributed by atoms with van der Waals surface area (Å²) in [6, 6.07) is 0.